The zero-order valence-corrected chi connectivity index (χ0v) is 19.6. The fraction of sp³-hybridized carbons (Fsp3) is 0.222. The Balaban J connectivity index is 1.39. The molecule has 0 bridgehead atoms. The zero-order valence-electron chi connectivity index (χ0n) is 19.6. The highest BCUT2D eigenvalue weighted by atomic mass is 16.5. The molecule has 0 unspecified atom stereocenters. The number of carbonyl (C=O) groups is 1. The van der Waals surface area contributed by atoms with Crippen molar-refractivity contribution in [1.82, 2.24) is 14.8 Å². The van der Waals surface area contributed by atoms with E-state index in [1.807, 2.05) is 71.4 Å². The van der Waals surface area contributed by atoms with Crippen LogP contribution in [0.5, 0.6) is 11.5 Å². The predicted molar refractivity (Wildman–Crippen MR) is 134 cm³/mol. The van der Waals surface area contributed by atoms with Crippen LogP contribution in [0.25, 0.3) is 0 Å². The molecule has 0 radical (unpaired) electrons. The van der Waals surface area contributed by atoms with Gasteiger partial charge in [-0.05, 0) is 47.4 Å². The van der Waals surface area contributed by atoms with Gasteiger partial charge in [-0.3, -0.25) is 10.1 Å². The van der Waals surface area contributed by atoms with Crippen molar-refractivity contribution in [3.05, 3.63) is 95.6 Å². The zero-order chi connectivity index (χ0) is 24.2. The molecule has 1 aromatic heterocycles. The van der Waals surface area contributed by atoms with Gasteiger partial charge in [0.2, 0.25) is 11.9 Å². The van der Waals surface area contributed by atoms with Crippen molar-refractivity contribution in [2.75, 3.05) is 24.9 Å². The maximum atomic E-state index is 12.7. The van der Waals surface area contributed by atoms with Gasteiger partial charge >= 0.3 is 0 Å². The van der Waals surface area contributed by atoms with E-state index in [0.29, 0.717) is 5.95 Å². The van der Waals surface area contributed by atoms with Crippen LogP contribution in [0.15, 0.2) is 78.9 Å². The third-order valence-corrected chi connectivity index (χ3v) is 6.17. The lowest BCUT2D eigenvalue weighted by Crippen LogP contribution is -2.28. The molecule has 1 aliphatic rings. The van der Waals surface area contributed by atoms with Crippen molar-refractivity contribution < 1.29 is 14.3 Å². The van der Waals surface area contributed by atoms with Gasteiger partial charge in [-0.15, -0.1) is 5.10 Å². The molecule has 178 valence electrons. The van der Waals surface area contributed by atoms with Gasteiger partial charge in [0.15, 0.2) is 0 Å². The topological polar surface area (TPSA) is 90.3 Å². The Morgan fingerprint density at radius 3 is 2.26 bits per heavy atom. The Morgan fingerprint density at radius 1 is 0.943 bits per heavy atom. The lowest BCUT2D eigenvalue weighted by Gasteiger charge is -2.31. The highest BCUT2D eigenvalue weighted by Crippen LogP contribution is 2.38. The van der Waals surface area contributed by atoms with E-state index in [0.717, 1.165) is 29.0 Å². The van der Waals surface area contributed by atoms with Gasteiger partial charge in [-0.1, -0.05) is 54.6 Å². The molecule has 1 amide bonds. The molecule has 4 aromatic rings. The molecule has 8 nitrogen and oxygen atoms in total. The number of hydrogen-bond acceptors (Lipinski definition) is 6. The van der Waals surface area contributed by atoms with Crippen molar-refractivity contribution in [2.24, 2.45) is 0 Å². The van der Waals surface area contributed by atoms with E-state index in [4.69, 9.17) is 9.47 Å². The molecule has 35 heavy (non-hydrogen) atoms. The first-order valence-corrected chi connectivity index (χ1v) is 11.5. The maximum absolute atomic E-state index is 12.7. The summed E-state index contributed by atoms with van der Waals surface area (Å²) in [6.45, 7) is 0. The van der Waals surface area contributed by atoms with Crippen LogP contribution >= 0.6 is 0 Å². The van der Waals surface area contributed by atoms with Crippen LogP contribution in [0.3, 0.4) is 0 Å². The normalized spacial score (nSPS) is 16.6. The standard InChI is InChI=1S/C27H27N5O3/c1-34-21-12-8-18(9-13-21)16-25(33)29-26-30-27-28-23(19-6-4-3-5-7-19)17-24(32(27)31-26)20-10-14-22(35-2)15-11-20/h3-15,23-24H,16-17H2,1-2H3,(H2,28,29,30,31,33)/t23-,24-/m0/s1. The van der Waals surface area contributed by atoms with Crippen LogP contribution in [0.2, 0.25) is 0 Å². The minimum atomic E-state index is -0.182. The summed E-state index contributed by atoms with van der Waals surface area (Å²) in [4.78, 5) is 17.3. The number of ether oxygens (including phenoxy) is 2. The summed E-state index contributed by atoms with van der Waals surface area (Å²) < 4.78 is 12.4. The monoisotopic (exact) mass is 469 g/mol. The fourth-order valence-corrected chi connectivity index (χ4v) is 4.34. The summed E-state index contributed by atoms with van der Waals surface area (Å²) in [6.07, 6.45) is 1.00. The molecule has 2 atom stereocenters. The first-order valence-electron chi connectivity index (χ1n) is 11.5. The number of anilines is 2. The molecule has 1 aliphatic heterocycles. The predicted octanol–water partition coefficient (Wildman–Crippen LogP) is 4.62. The van der Waals surface area contributed by atoms with Crippen molar-refractivity contribution >= 4 is 17.8 Å². The van der Waals surface area contributed by atoms with Crippen molar-refractivity contribution in [3.8, 4) is 11.5 Å². The summed E-state index contributed by atoms with van der Waals surface area (Å²) in [5.74, 6) is 2.26. The van der Waals surface area contributed by atoms with E-state index in [1.54, 1.807) is 14.2 Å². The molecule has 3 aromatic carbocycles. The van der Waals surface area contributed by atoms with Crippen LogP contribution < -0.4 is 20.1 Å². The summed E-state index contributed by atoms with van der Waals surface area (Å²) in [5, 5.41) is 11.0. The average Bonchev–Trinajstić information content (AvgIpc) is 3.31. The Labute approximate surface area is 203 Å². The third-order valence-electron chi connectivity index (χ3n) is 6.17. The van der Waals surface area contributed by atoms with E-state index >= 15 is 0 Å². The number of methoxy groups -OCH3 is 2. The molecule has 2 heterocycles. The molecule has 0 saturated carbocycles. The minimum Gasteiger partial charge on any atom is -0.497 e. The van der Waals surface area contributed by atoms with Gasteiger partial charge in [-0.25, -0.2) is 4.68 Å². The van der Waals surface area contributed by atoms with Crippen LogP contribution in [-0.2, 0) is 11.2 Å². The number of nitrogens with one attached hydrogen (secondary N) is 2. The van der Waals surface area contributed by atoms with Crippen molar-refractivity contribution in [3.63, 3.8) is 0 Å². The quantitative estimate of drug-likeness (QED) is 0.410. The van der Waals surface area contributed by atoms with Crippen LogP contribution in [0.1, 0.15) is 35.2 Å². The lowest BCUT2D eigenvalue weighted by atomic mass is 9.93. The fourth-order valence-electron chi connectivity index (χ4n) is 4.34. The molecule has 5 rings (SSSR count). The molecule has 0 spiro atoms. The van der Waals surface area contributed by atoms with Gasteiger partial charge in [0.05, 0.1) is 32.7 Å². The number of fused-ring (bicyclic) bond motifs is 1. The molecule has 8 heteroatoms. The third kappa shape index (κ3) is 4.96. The lowest BCUT2D eigenvalue weighted by molar-refractivity contribution is -0.115. The number of aromatic nitrogens is 3. The van der Waals surface area contributed by atoms with Gasteiger partial charge < -0.3 is 14.8 Å². The first-order chi connectivity index (χ1) is 17.1. The molecule has 2 N–H and O–H groups in total. The number of nitrogens with zero attached hydrogens (tertiary/aromatic N) is 3. The molecular formula is C27H27N5O3. The summed E-state index contributed by atoms with van der Waals surface area (Å²) >= 11 is 0. The van der Waals surface area contributed by atoms with E-state index in [-0.39, 0.29) is 30.4 Å². The van der Waals surface area contributed by atoms with Gasteiger partial charge in [0, 0.05) is 0 Å². The van der Waals surface area contributed by atoms with E-state index < -0.39 is 0 Å². The number of hydrogen-bond donors (Lipinski definition) is 2. The van der Waals surface area contributed by atoms with E-state index in [1.165, 1.54) is 5.56 Å². The summed E-state index contributed by atoms with van der Waals surface area (Å²) in [5.41, 5.74) is 3.14. The molecular weight excluding hydrogens is 442 g/mol. The van der Waals surface area contributed by atoms with Gasteiger partial charge in [0.1, 0.15) is 11.5 Å². The Morgan fingerprint density at radius 2 is 1.60 bits per heavy atom. The Hall–Kier alpha value is -4.33. The Bertz CT molecular complexity index is 1290. The smallest absolute Gasteiger partial charge is 0.250 e. The molecule has 0 aliphatic carbocycles. The van der Waals surface area contributed by atoms with E-state index in [9.17, 15) is 4.79 Å². The number of amides is 1. The second-order valence-electron chi connectivity index (χ2n) is 8.41. The number of carbonyl (C=O) groups excluding carboxylic acids is 1. The second-order valence-corrected chi connectivity index (χ2v) is 8.41. The maximum Gasteiger partial charge on any atom is 0.250 e. The number of rotatable bonds is 7. The largest absolute Gasteiger partial charge is 0.497 e. The molecule has 0 fully saturated rings. The molecule has 0 saturated heterocycles. The van der Waals surface area contributed by atoms with Crippen molar-refractivity contribution in [2.45, 2.75) is 24.9 Å². The highest BCUT2D eigenvalue weighted by molar-refractivity contribution is 5.90. The van der Waals surface area contributed by atoms with Crippen LogP contribution in [-0.4, -0.2) is 34.9 Å². The first kappa shape index (κ1) is 22.5. The van der Waals surface area contributed by atoms with Crippen LogP contribution in [0, 0.1) is 0 Å². The second kappa shape index (κ2) is 9.89. The van der Waals surface area contributed by atoms with E-state index in [2.05, 4.69) is 32.8 Å². The van der Waals surface area contributed by atoms with Crippen molar-refractivity contribution in [1.29, 1.82) is 0 Å². The summed E-state index contributed by atoms with van der Waals surface area (Å²) in [7, 11) is 3.27. The highest BCUT2D eigenvalue weighted by Gasteiger charge is 2.31. The average molecular weight is 470 g/mol. The van der Waals surface area contributed by atoms with Crippen LogP contribution in [0.4, 0.5) is 11.9 Å². The Kier molecular flexibility index (Phi) is 6.34. The number of benzene rings is 3. The summed E-state index contributed by atoms with van der Waals surface area (Å²) in [6, 6.07) is 25.7. The minimum absolute atomic E-state index is 0.0536. The van der Waals surface area contributed by atoms with Gasteiger partial charge in [0.25, 0.3) is 5.95 Å². The SMILES string of the molecule is COc1ccc(CC(=O)Nc2nc3n(n2)[C@H](c2ccc(OC)cc2)C[C@@H](c2ccccc2)N3)cc1. The van der Waals surface area contributed by atoms with Gasteiger partial charge in [-0.2, -0.15) is 4.98 Å².